The molecule has 0 radical (unpaired) electrons. The van der Waals surface area contributed by atoms with Crippen molar-refractivity contribution in [3.8, 4) is 0 Å². The van der Waals surface area contributed by atoms with Crippen molar-refractivity contribution < 1.29 is 4.39 Å². The zero-order valence-electron chi connectivity index (χ0n) is 11.1. The van der Waals surface area contributed by atoms with E-state index in [-0.39, 0.29) is 5.82 Å². The molecular formula is C14H20BrFN2. The Hall–Kier alpha value is -0.610. The highest BCUT2D eigenvalue weighted by Gasteiger charge is 2.25. The summed E-state index contributed by atoms with van der Waals surface area (Å²) in [5, 5.41) is 3.54. The van der Waals surface area contributed by atoms with Crippen LogP contribution in [0.1, 0.15) is 25.8 Å². The molecule has 4 heteroatoms. The van der Waals surface area contributed by atoms with E-state index in [1.54, 1.807) is 6.07 Å². The Labute approximate surface area is 117 Å². The molecule has 2 nitrogen and oxygen atoms in total. The van der Waals surface area contributed by atoms with Crippen molar-refractivity contribution in [1.82, 2.24) is 5.32 Å². The van der Waals surface area contributed by atoms with Crippen molar-refractivity contribution in [2.45, 2.75) is 39.3 Å². The fourth-order valence-electron chi connectivity index (χ4n) is 2.48. The van der Waals surface area contributed by atoms with E-state index >= 15 is 0 Å². The van der Waals surface area contributed by atoms with E-state index in [1.165, 1.54) is 0 Å². The first-order valence-electron chi connectivity index (χ1n) is 6.48. The molecule has 1 aliphatic rings. The van der Waals surface area contributed by atoms with Crippen LogP contribution in [0, 0.1) is 12.7 Å². The summed E-state index contributed by atoms with van der Waals surface area (Å²) in [7, 11) is 0. The second-order valence-corrected chi connectivity index (χ2v) is 5.92. The maximum absolute atomic E-state index is 13.5. The van der Waals surface area contributed by atoms with E-state index in [9.17, 15) is 4.39 Å². The average molecular weight is 315 g/mol. The van der Waals surface area contributed by atoms with Gasteiger partial charge in [0.15, 0.2) is 0 Å². The molecule has 0 saturated carbocycles. The van der Waals surface area contributed by atoms with Gasteiger partial charge < -0.3 is 10.2 Å². The van der Waals surface area contributed by atoms with Gasteiger partial charge >= 0.3 is 0 Å². The molecular weight excluding hydrogens is 295 g/mol. The van der Waals surface area contributed by atoms with Crippen molar-refractivity contribution in [3.63, 3.8) is 0 Å². The minimum absolute atomic E-state index is 0.189. The van der Waals surface area contributed by atoms with Crippen LogP contribution >= 0.6 is 15.9 Å². The summed E-state index contributed by atoms with van der Waals surface area (Å²) in [5.41, 5.74) is 2.13. The van der Waals surface area contributed by atoms with Gasteiger partial charge in [-0.15, -0.1) is 0 Å². The van der Waals surface area contributed by atoms with Crippen LogP contribution in [0.5, 0.6) is 0 Å². The third kappa shape index (κ3) is 2.69. The summed E-state index contributed by atoms with van der Waals surface area (Å²) in [6, 6.07) is 4.46. The third-order valence-corrected chi connectivity index (χ3v) is 4.30. The van der Waals surface area contributed by atoms with Gasteiger partial charge in [0.2, 0.25) is 0 Å². The van der Waals surface area contributed by atoms with Crippen LogP contribution in [0.2, 0.25) is 0 Å². The van der Waals surface area contributed by atoms with Crippen molar-refractivity contribution in [2.24, 2.45) is 0 Å². The molecule has 1 fully saturated rings. The van der Waals surface area contributed by atoms with Gasteiger partial charge in [-0.3, -0.25) is 0 Å². The molecule has 100 valence electrons. The van der Waals surface area contributed by atoms with Crippen molar-refractivity contribution in [1.29, 1.82) is 0 Å². The Kier molecular flexibility index (Phi) is 4.28. The topological polar surface area (TPSA) is 15.3 Å². The van der Waals surface area contributed by atoms with Gasteiger partial charge in [0.25, 0.3) is 0 Å². The van der Waals surface area contributed by atoms with Gasteiger partial charge in [-0.1, -0.05) is 6.92 Å². The van der Waals surface area contributed by atoms with Crippen molar-refractivity contribution in [2.75, 3.05) is 18.0 Å². The Balaban J connectivity index is 2.31. The van der Waals surface area contributed by atoms with Crippen LogP contribution in [-0.2, 0) is 0 Å². The molecule has 1 aliphatic heterocycles. The third-order valence-electron chi connectivity index (χ3n) is 3.69. The lowest BCUT2D eigenvalue weighted by atomic mass is 10.0. The largest absolute Gasteiger partial charge is 0.366 e. The highest BCUT2D eigenvalue weighted by atomic mass is 79.9. The first-order chi connectivity index (χ1) is 8.52. The second-order valence-electron chi connectivity index (χ2n) is 5.07. The van der Waals surface area contributed by atoms with E-state index < -0.39 is 0 Å². The van der Waals surface area contributed by atoms with Gasteiger partial charge in [0.05, 0.1) is 4.47 Å². The molecule has 0 bridgehead atoms. The molecule has 1 aromatic rings. The number of nitrogens with zero attached hydrogens (tertiary/aromatic N) is 1. The fraction of sp³-hybridized carbons (Fsp3) is 0.571. The maximum Gasteiger partial charge on any atom is 0.137 e. The van der Waals surface area contributed by atoms with Crippen LogP contribution in [-0.4, -0.2) is 25.2 Å². The maximum atomic E-state index is 13.5. The highest BCUT2D eigenvalue weighted by Crippen LogP contribution is 2.29. The lowest BCUT2D eigenvalue weighted by Gasteiger charge is -2.41. The molecule has 0 aliphatic carbocycles. The molecule has 2 unspecified atom stereocenters. The van der Waals surface area contributed by atoms with Gasteiger partial charge in [-0.2, -0.15) is 0 Å². The SMILES string of the molecule is CCC1CN(c2cc(Br)c(F)cc2C)C(C)CN1. The monoisotopic (exact) mass is 314 g/mol. The van der Waals surface area contributed by atoms with Crippen LogP contribution < -0.4 is 10.2 Å². The summed E-state index contributed by atoms with van der Waals surface area (Å²) >= 11 is 3.28. The average Bonchev–Trinajstić information content (AvgIpc) is 2.35. The van der Waals surface area contributed by atoms with Crippen molar-refractivity contribution >= 4 is 21.6 Å². The van der Waals surface area contributed by atoms with Crippen LogP contribution in [0.3, 0.4) is 0 Å². The lowest BCUT2D eigenvalue weighted by Crippen LogP contribution is -2.55. The summed E-state index contributed by atoms with van der Waals surface area (Å²) < 4.78 is 14.0. The second kappa shape index (κ2) is 5.57. The number of piperazine rings is 1. The van der Waals surface area contributed by atoms with E-state index in [0.29, 0.717) is 16.6 Å². The predicted octanol–water partition coefficient (Wildman–Crippen LogP) is 3.47. The number of rotatable bonds is 2. The van der Waals surface area contributed by atoms with Crippen LogP contribution in [0.15, 0.2) is 16.6 Å². The van der Waals surface area contributed by atoms with Gasteiger partial charge in [0.1, 0.15) is 5.82 Å². The quantitative estimate of drug-likeness (QED) is 0.899. The molecule has 2 rings (SSSR count). The Bertz CT molecular complexity index is 436. The van der Waals surface area contributed by atoms with E-state index in [4.69, 9.17) is 0 Å². The van der Waals surface area contributed by atoms with Gasteiger partial charge in [-0.25, -0.2) is 4.39 Å². The Morgan fingerprint density at radius 1 is 1.50 bits per heavy atom. The van der Waals surface area contributed by atoms with Gasteiger partial charge in [0, 0.05) is 30.9 Å². The molecule has 18 heavy (non-hydrogen) atoms. The van der Waals surface area contributed by atoms with E-state index in [2.05, 4.69) is 40.0 Å². The minimum atomic E-state index is -0.189. The normalized spacial score (nSPS) is 24.4. The van der Waals surface area contributed by atoms with Crippen LogP contribution in [0.4, 0.5) is 10.1 Å². The van der Waals surface area contributed by atoms with Gasteiger partial charge in [-0.05, 0) is 53.9 Å². The summed E-state index contributed by atoms with van der Waals surface area (Å²) in [6.07, 6.45) is 1.12. The predicted molar refractivity (Wildman–Crippen MR) is 77.7 cm³/mol. The molecule has 0 amide bonds. The number of aryl methyl sites for hydroxylation is 1. The van der Waals surface area contributed by atoms with E-state index in [0.717, 1.165) is 30.8 Å². The molecule has 1 N–H and O–H groups in total. The highest BCUT2D eigenvalue weighted by molar-refractivity contribution is 9.10. The number of hydrogen-bond donors (Lipinski definition) is 1. The minimum Gasteiger partial charge on any atom is -0.366 e. The number of benzene rings is 1. The standard InChI is InChI=1S/C14H20BrFN2/c1-4-11-8-18(10(3)7-17-11)14-6-12(15)13(16)5-9(14)2/h5-6,10-11,17H,4,7-8H2,1-3H3. The lowest BCUT2D eigenvalue weighted by molar-refractivity contribution is 0.397. The molecule has 0 spiro atoms. The Morgan fingerprint density at radius 3 is 2.89 bits per heavy atom. The molecule has 2 atom stereocenters. The zero-order valence-corrected chi connectivity index (χ0v) is 12.7. The fourth-order valence-corrected chi connectivity index (χ4v) is 2.82. The summed E-state index contributed by atoms with van der Waals surface area (Å²) in [6.45, 7) is 8.33. The molecule has 1 saturated heterocycles. The molecule has 0 aromatic heterocycles. The number of hydrogen-bond acceptors (Lipinski definition) is 2. The zero-order chi connectivity index (χ0) is 13.3. The van der Waals surface area contributed by atoms with E-state index in [1.807, 2.05) is 13.0 Å². The number of nitrogens with one attached hydrogen (secondary N) is 1. The number of halogens is 2. The Morgan fingerprint density at radius 2 is 2.22 bits per heavy atom. The first kappa shape index (κ1) is 13.8. The molecule has 1 heterocycles. The summed E-state index contributed by atoms with van der Waals surface area (Å²) in [5.74, 6) is -0.189. The summed E-state index contributed by atoms with van der Waals surface area (Å²) in [4.78, 5) is 2.38. The van der Waals surface area contributed by atoms with Crippen molar-refractivity contribution in [3.05, 3.63) is 28.0 Å². The first-order valence-corrected chi connectivity index (χ1v) is 7.28. The molecule has 1 aromatic carbocycles. The number of anilines is 1. The smallest absolute Gasteiger partial charge is 0.137 e. The van der Waals surface area contributed by atoms with Crippen LogP contribution in [0.25, 0.3) is 0 Å².